The minimum Gasteiger partial charge on any atom is -0.342 e. The highest BCUT2D eigenvalue weighted by Gasteiger charge is 2.35. The first-order chi connectivity index (χ1) is 21.7. The first-order valence-corrected chi connectivity index (χ1v) is 16.7. The number of hydrogen-bond acceptors (Lipinski definition) is 5. The van der Waals surface area contributed by atoms with Crippen LogP contribution in [0, 0.1) is 23.1 Å². The molecule has 5 rings (SSSR count). The molecule has 0 radical (unpaired) electrons. The van der Waals surface area contributed by atoms with Gasteiger partial charge in [-0.3, -0.25) is 24.1 Å². The zero-order valence-corrected chi connectivity index (χ0v) is 29.0. The van der Waals surface area contributed by atoms with E-state index in [4.69, 9.17) is 23.2 Å². The number of benzene rings is 2. The fraction of sp³-hybridized carbons (Fsp3) is 0.543. The zero-order valence-electron chi connectivity index (χ0n) is 27.5. The summed E-state index contributed by atoms with van der Waals surface area (Å²) >= 11 is 11.9. The van der Waals surface area contributed by atoms with Crippen molar-refractivity contribution in [3.8, 4) is 0 Å². The van der Waals surface area contributed by atoms with E-state index in [1.807, 2.05) is 29.2 Å². The summed E-state index contributed by atoms with van der Waals surface area (Å²) in [7, 11) is 0. The van der Waals surface area contributed by atoms with Gasteiger partial charge < -0.3 is 15.1 Å². The van der Waals surface area contributed by atoms with Crippen molar-refractivity contribution in [2.24, 2.45) is 17.3 Å². The summed E-state index contributed by atoms with van der Waals surface area (Å²) in [5.74, 6) is -0.221. The van der Waals surface area contributed by atoms with Crippen LogP contribution in [-0.2, 0) is 25.7 Å². The number of anilines is 1. The lowest BCUT2D eigenvalue weighted by Crippen LogP contribution is -2.48. The Morgan fingerprint density at radius 1 is 1.00 bits per heavy atom. The first-order valence-electron chi connectivity index (χ1n) is 15.9. The fourth-order valence-electron chi connectivity index (χ4n) is 4.69. The minimum atomic E-state index is -0.588. The van der Waals surface area contributed by atoms with E-state index in [0.29, 0.717) is 72.6 Å². The maximum Gasteiger partial charge on any atom is 0.236 e. The summed E-state index contributed by atoms with van der Waals surface area (Å²) < 4.78 is 14.0. The summed E-state index contributed by atoms with van der Waals surface area (Å²) in [4.78, 5) is 50.6. The Labute approximate surface area is 282 Å². The van der Waals surface area contributed by atoms with Gasteiger partial charge in [-0.25, -0.2) is 4.39 Å². The second kappa shape index (κ2) is 17.2. The topological polar surface area (TPSA) is 90.0 Å². The molecule has 2 aromatic carbocycles. The molecule has 46 heavy (non-hydrogen) atoms. The van der Waals surface area contributed by atoms with Gasteiger partial charge in [-0.2, -0.15) is 0 Å². The molecule has 0 aromatic heterocycles. The smallest absolute Gasteiger partial charge is 0.236 e. The molecule has 1 atom stereocenters. The predicted octanol–water partition coefficient (Wildman–Crippen LogP) is 6.67. The van der Waals surface area contributed by atoms with E-state index in [2.05, 4.69) is 39.9 Å². The van der Waals surface area contributed by atoms with Crippen molar-refractivity contribution in [3.05, 3.63) is 63.4 Å². The summed E-state index contributed by atoms with van der Waals surface area (Å²) in [5.41, 5.74) is 2.41. The number of halogens is 3. The third kappa shape index (κ3) is 12.3. The van der Waals surface area contributed by atoms with Crippen molar-refractivity contribution in [3.63, 3.8) is 0 Å². The molecule has 252 valence electrons. The van der Waals surface area contributed by atoms with Crippen molar-refractivity contribution in [2.45, 2.75) is 72.8 Å². The minimum absolute atomic E-state index is 0.124. The first kappa shape index (κ1) is 37.4. The van der Waals surface area contributed by atoms with Crippen LogP contribution in [0.15, 0.2) is 36.4 Å². The molecule has 1 aliphatic heterocycles. The average Bonchev–Trinajstić information content (AvgIpc) is 3.93. The fourth-order valence-corrected chi connectivity index (χ4v) is 5.04. The van der Waals surface area contributed by atoms with Gasteiger partial charge in [0.1, 0.15) is 5.82 Å². The van der Waals surface area contributed by atoms with E-state index in [-0.39, 0.29) is 29.3 Å². The SMILES string of the molecule is CC(C)(C)C.CC(CNCc1cc(F)c(Cl)cc1N(C=O)C(=O)C1CC1)c1cccc(Cl)c1.O=CN1CCN(C(=O)C2CC2)CC1. The number of carbonyl (C=O) groups is 4. The molecule has 0 spiro atoms. The molecule has 4 amide bonds. The molecule has 1 saturated heterocycles. The van der Waals surface area contributed by atoms with Crippen LogP contribution in [0.3, 0.4) is 0 Å². The second-order valence-electron chi connectivity index (χ2n) is 13.8. The summed E-state index contributed by atoms with van der Waals surface area (Å²) in [6.45, 7) is 14.5. The lowest BCUT2D eigenvalue weighted by atomic mass is 10.0. The van der Waals surface area contributed by atoms with Crippen molar-refractivity contribution >= 4 is 53.5 Å². The van der Waals surface area contributed by atoms with Crippen molar-refractivity contribution in [1.82, 2.24) is 15.1 Å². The van der Waals surface area contributed by atoms with E-state index in [0.717, 1.165) is 42.6 Å². The van der Waals surface area contributed by atoms with E-state index in [9.17, 15) is 23.6 Å². The summed E-state index contributed by atoms with van der Waals surface area (Å²) in [6, 6.07) is 10.2. The zero-order chi connectivity index (χ0) is 34.0. The van der Waals surface area contributed by atoms with Crippen LogP contribution in [0.2, 0.25) is 10.0 Å². The number of imide groups is 1. The van der Waals surface area contributed by atoms with Crippen molar-refractivity contribution in [2.75, 3.05) is 37.6 Å². The lowest BCUT2D eigenvalue weighted by molar-refractivity contribution is -0.136. The largest absolute Gasteiger partial charge is 0.342 e. The number of amides is 4. The third-order valence-corrected chi connectivity index (χ3v) is 8.06. The van der Waals surface area contributed by atoms with Crippen LogP contribution in [0.5, 0.6) is 0 Å². The van der Waals surface area contributed by atoms with E-state index in [1.54, 1.807) is 4.90 Å². The van der Waals surface area contributed by atoms with Crippen LogP contribution in [0.1, 0.15) is 77.3 Å². The normalized spacial score (nSPS) is 16.7. The maximum absolute atomic E-state index is 14.0. The van der Waals surface area contributed by atoms with Gasteiger partial charge >= 0.3 is 0 Å². The molecule has 3 aliphatic rings. The predicted molar refractivity (Wildman–Crippen MR) is 181 cm³/mol. The van der Waals surface area contributed by atoms with Crippen LogP contribution >= 0.6 is 23.2 Å². The monoisotopic (exact) mass is 676 g/mol. The molecule has 1 heterocycles. The Hall–Kier alpha value is -3.01. The quantitative estimate of drug-likeness (QED) is 0.284. The highest BCUT2D eigenvalue weighted by atomic mass is 35.5. The second-order valence-corrected chi connectivity index (χ2v) is 14.7. The Morgan fingerprint density at radius 3 is 2.13 bits per heavy atom. The Balaban J connectivity index is 0.000000263. The van der Waals surface area contributed by atoms with E-state index in [1.165, 1.54) is 12.1 Å². The Bertz CT molecular complexity index is 1350. The number of nitrogens with zero attached hydrogens (tertiary/aromatic N) is 3. The van der Waals surface area contributed by atoms with Gasteiger partial charge in [0, 0.05) is 56.1 Å². The van der Waals surface area contributed by atoms with E-state index >= 15 is 0 Å². The highest BCUT2D eigenvalue weighted by molar-refractivity contribution is 6.31. The van der Waals surface area contributed by atoms with Crippen molar-refractivity contribution in [1.29, 1.82) is 0 Å². The van der Waals surface area contributed by atoms with Crippen LogP contribution in [0.25, 0.3) is 0 Å². The van der Waals surface area contributed by atoms with Gasteiger partial charge in [0.2, 0.25) is 24.6 Å². The van der Waals surface area contributed by atoms with Gasteiger partial charge in [-0.15, -0.1) is 0 Å². The van der Waals surface area contributed by atoms with Crippen LogP contribution in [-0.4, -0.2) is 67.2 Å². The number of piperazine rings is 1. The third-order valence-electron chi connectivity index (χ3n) is 7.54. The van der Waals surface area contributed by atoms with Gasteiger partial charge in [0.25, 0.3) is 0 Å². The van der Waals surface area contributed by atoms with Gasteiger partial charge in [0.15, 0.2) is 0 Å². The maximum atomic E-state index is 14.0. The standard InChI is InChI=1S/C21H21Cl2FN2O2.C9H14N2O2.C5H12/c1-13(15-3-2-4-17(22)7-15)10-25-11-16-8-19(24)18(23)9-20(16)26(12-27)21(28)14-5-6-14;12-7-10-3-5-11(6-4-10)9(13)8-1-2-8;1-5(2,3)4/h2-4,7-9,12-14,25H,5-6,10-11H2,1H3;7-8H,1-6H2;1-4H3. The molecule has 3 fully saturated rings. The molecule has 1 N–H and O–H groups in total. The van der Waals surface area contributed by atoms with Crippen LogP contribution < -0.4 is 10.2 Å². The molecule has 8 nitrogen and oxygen atoms in total. The molecule has 11 heteroatoms. The molecule has 1 unspecified atom stereocenters. The van der Waals surface area contributed by atoms with Gasteiger partial charge in [-0.05, 0) is 72.4 Å². The van der Waals surface area contributed by atoms with Gasteiger partial charge in [-0.1, -0.05) is 70.0 Å². The molecular formula is C35H47Cl2FN4O4. The summed E-state index contributed by atoms with van der Waals surface area (Å²) in [5, 5.41) is 3.81. The van der Waals surface area contributed by atoms with Gasteiger partial charge in [0.05, 0.1) is 10.7 Å². The van der Waals surface area contributed by atoms with Crippen LogP contribution in [0.4, 0.5) is 10.1 Å². The average molecular weight is 678 g/mol. The Kier molecular flexibility index (Phi) is 14.0. The summed E-state index contributed by atoms with van der Waals surface area (Å²) in [6.07, 6.45) is 4.99. The Morgan fingerprint density at radius 2 is 1.61 bits per heavy atom. The number of carbonyl (C=O) groups excluding carboxylic acids is 4. The molecular weight excluding hydrogens is 630 g/mol. The molecule has 2 aliphatic carbocycles. The number of hydrogen-bond donors (Lipinski definition) is 1. The molecule has 2 saturated carbocycles. The van der Waals surface area contributed by atoms with E-state index < -0.39 is 5.82 Å². The number of nitrogens with one attached hydrogen (secondary N) is 1. The number of rotatable bonds is 10. The molecule has 2 aromatic rings. The van der Waals surface area contributed by atoms with Crippen molar-refractivity contribution < 1.29 is 23.6 Å². The lowest BCUT2D eigenvalue weighted by Gasteiger charge is -2.32. The highest BCUT2D eigenvalue weighted by Crippen LogP contribution is 2.35. The molecule has 0 bridgehead atoms.